The minimum Gasteiger partial charge on any atom is -0.369 e. The van der Waals surface area contributed by atoms with Crippen LogP contribution in [0.5, 0.6) is 0 Å². The Morgan fingerprint density at radius 2 is 1.94 bits per heavy atom. The molecule has 1 fully saturated rings. The lowest BCUT2D eigenvalue weighted by molar-refractivity contribution is 0.430. The molecule has 4 heterocycles. The van der Waals surface area contributed by atoms with E-state index in [2.05, 4.69) is 68.1 Å². The molecule has 2 aromatic heterocycles. The second-order valence-electron chi connectivity index (χ2n) is 8.70. The Hall–Kier alpha value is -3.63. The van der Waals surface area contributed by atoms with Crippen LogP contribution in [0.2, 0.25) is 0 Å². The van der Waals surface area contributed by atoms with E-state index in [1.807, 2.05) is 12.1 Å². The summed E-state index contributed by atoms with van der Waals surface area (Å²) in [6.45, 7) is 7.98. The van der Waals surface area contributed by atoms with E-state index in [1.165, 1.54) is 16.8 Å². The quantitative estimate of drug-likeness (QED) is 0.532. The van der Waals surface area contributed by atoms with E-state index in [1.54, 1.807) is 6.20 Å². The van der Waals surface area contributed by atoms with Gasteiger partial charge in [0.1, 0.15) is 6.07 Å². The number of rotatable bonds is 2. The summed E-state index contributed by atoms with van der Waals surface area (Å²) in [4.78, 5) is 9.32. The molecule has 0 spiro atoms. The first kappa shape index (κ1) is 19.1. The van der Waals surface area contributed by atoms with Crippen molar-refractivity contribution in [1.29, 1.82) is 5.26 Å². The highest BCUT2D eigenvalue weighted by atomic mass is 15.4. The fourth-order valence-corrected chi connectivity index (χ4v) is 5.14. The number of benzene rings is 2. The Morgan fingerprint density at radius 3 is 2.78 bits per heavy atom. The molecule has 1 N–H and O–H groups in total. The molecule has 7 nitrogen and oxygen atoms in total. The number of pyridine rings is 1. The minimum atomic E-state index is 0.246. The third-order valence-electron chi connectivity index (χ3n) is 6.72. The van der Waals surface area contributed by atoms with Crippen molar-refractivity contribution in [3.8, 4) is 6.07 Å². The molecule has 0 unspecified atom stereocenters. The number of anilines is 2. The average Bonchev–Trinajstić information content (AvgIpc) is 3.22. The Kier molecular flexibility index (Phi) is 4.47. The molecule has 6 rings (SSSR count). The van der Waals surface area contributed by atoms with Crippen LogP contribution in [0.25, 0.3) is 21.8 Å². The highest BCUT2D eigenvalue weighted by molar-refractivity contribution is 5.95. The summed E-state index contributed by atoms with van der Waals surface area (Å²) in [5.41, 5.74) is 6.07. The van der Waals surface area contributed by atoms with E-state index in [4.69, 9.17) is 5.10 Å². The molecule has 2 aromatic carbocycles. The van der Waals surface area contributed by atoms with Crippen LogP contribution in [0, 0.1) is 11.3 Å². The summed E-state index contributed by atoms with van der Waals surface area (Å²) in [5, 5.41) is 20.2. The zero-order chi connectivity index (χ0) is 21.7. The van der Waals surface area contributed by atoms with E-state index < -0.39 is 0 Å². The summed E-state index contributed by atoms with van der Waals surface area (Å²) in [7, 11) is 0. The Balaban J connectivity index is 1.40. The Bertz CT molecular complexity index is 1360. The third-order valence-corrected chi connectivity index (χ3v) is 6.72. The fourth-order valence-electron chi connectivity index (χ4n) is 5.14. The molecule has 32 heavy (non-hydrogen) atoms. The molecule has 0 saturated carbocycles. The van der Waals surface area contributed by atoms with Gasteiger partial charge in [0.05, 0.1) is 34.9 Å². The molecule has 4 aromatic rings. The van der Waals surface area contributed by atoms with Crippen molar-refractivity contribution in [2.45, 2.75) is 19.5 Å². The van der Waals surface area contributed by atoms with Crippen molar-refractivity contribution in [1.82, 2.24) is 20.1 Å². The van der Waals surface area contributed by atoms with Gasteiger partial charge in [0, 0.05) is 61.1 Å². The van der Waals surface area contributed by atoms with Gasteiger partial charge in [-0.15, -0.1) is 0 Å². The van der Waals surface area contributed by atoms with Crippen LogP contribution in [0.3, 0.4) is 0 Å². The zero-order valence-electron chi connectivity index (χ0n) is 18.1. The molecule has 0 bridgehead atoms. The summed E-state index contributed by atoms with van der Waals surface area (Å²) < 4.78 is 2.20. The molecule has 2 aliphatic heterocycles. The van der Waals surface area contributed by atoms with Crippen LogP contribution in [0.1, 0.15) is 24.2 Å². The van der Waals surface area contributed by atoms with Crippen molar-refractivity contribution >= 4 is 33.2 Å². The van der Waals surface area contributed by atoms with Gasteiger partial charge in [0.25, 0.3) is 0 Å². The number of aromatic nitrogens is 3. The Morgan fingerprint density at radius 1 is 1.06 bits per heavy atom. The lowest BCUT2D eigenvalue weighted by Gasteiger charge is -2.34. The first-order valence-corrected chi connectivity index (χ1v) is 11.2. The molecule has 2 aliphatic rings. The predicted molar refractivity (Wildman–Crippen MR) is 127 cm³/mol. The van der Waals surface area contributed by atoms with Crippen molar-refractivity contribution in [2.24, 2.45) is 0 Å². The highest BCUT2D eigenvalue weighted by Gasteiger charge is 2.27. The van der Waals surface area contributed by atoms with Crippen molar-refractivity contribution in [2.75, 3.05) is 42.5 Å². The number of fused-ring (bicyclic) bond motifs is 4. The molecule has 1 saturated heterocycles. The lowest BCUT2D eigenvalue weighted by atomic mass is 10.1. The maximum absolute atomic E-state index is 9.49. The van der Waals surface area contributed by atoms with E-state index in [0.717, 1.165) is 61.4 Å². The topological polar surface area (TPSA) is 73.0 Å². The molecule has 7 heteroatoms. The monoisotopic (exact) mass is 423 g/mol. The number of hydrogen-bond donors (Lipinski definition) is 1. The van der Waals surface area contributed by atoms with Crippen LogP contribution < -0.4 is 15.1 Å². The highest BCUT2D eigenvalue weighted by Crippen LogP contribution is 2.35. The first-order chi connectivity index (χ1) is 15.7. The van der Waals surface area contributed by atoms with E-state index in [-0.39, 0.29) is 6.04 Å². The van der Waals surface area contributed by atoms with Crippen LogP contribution in [-0.2, 0) is 6.54 Å². The van der Waals surface area contributed by atoms with E-state index in [9.17, 15) is 5.26 Å². The minimum absolute atomic E-state index is 0.246. The van der Waals surface area contributed by atoms with Gasteiger partial charge >= 0.3 is 0 Å². The van der Waals surface area contributed by atoms with Crippen LogP contribution >= 0.6 is 0 Å². The summed E-state index contributed by atoms with van der Waals surface area (Å²) in [5.74, 6) is 0. The smallest absolute Gasteiger partial charge is 0.101 e. The van der Waals surface area contributed by atoms with Crippen molar-refractivity contribution in [3.05, 3.63) is 59.9 Å². The maximum Gasteiger partial charge on any atom is 0.101 e. The predicted octanol–water partition coefficient (Wildman–Crippen LogP) is 3.45. The molecule has 0 aliphatic carbocycles. The van der Waals surface area contributed by atoms with Gasteiger partial charge in [-0.05, 0) is 49.4 Å². The normalized spacial score (nSPS) is 18.7. The maximum atomic E-state index is 9.49. The summed E-state index contributed by atoms with van der Waals surface area (Å²) in [6.07, 6.45) is 1.75. The number of piperazine rings is 1. The van der Waals surface area contributed by atoms with Gasteiger partial charge in [-0.1, -0.05) is 0 Å². The van der Waals surface area contributed by atoms with Crippen LogP contribution in [0.15, 0.2) is 48.7 Å². The lowest BCUT2D eigenvalue weighted by Crippen LogP contribution is -2.43. The second-order valence-corrected chi connectivity index (χ2v) is 8.70. The SMILES string of the molecule is C[C@@H]1CN(c2ccc(C#N)c3ncccc23)Cc2c3ccc(N4CCNCC4)cc3nn21. The largest absolute Gasteiger partial charge is 0.369 e. The number of nitriles is 1. The van der Waals surface area contributed by atoms with Gasteiger partial charge < -0.3 is 15.1 Å². The van der Waals surface area contributed by atoms with Crippen LogP contribution in [-0.4, -0.2) is 47.5 Å². The number of nitrogens with one attached hydrogen (secondary N) is 1. The average molecular weight is 424 g/mol. The van der Waals surface area contributed by atoms with Gasteiger partial charge in [0.2, 0.25) is 0 Å². The van der Waals surface area contributed by atoms with Gasteiger partial charge in [0.15, 0.2) is 0 Å². The standard InChI is InChI=1S/C25H25N7/c1-17-15-31(23-7-4-18(14-26)25-21(23)3-2-8-28-25)16-24-20-6-5-19(13-22(20)29-32(17)24)30-11-9-27-10-12-30/h2-8,13,17,27H,9-12,15-16H2,1H3/t17-/m1/s1. The van der Waals surface area contributed by atoms with Gasteiger partial charge in [-0.3, -0.25) is 9.67 Å². The summed E-state index contributed by atoms with van der Waals surface area (Å²) in [6, 6.07) is 17.2. The van der Waals surface area contributed by atoms with Crippen molar-refractivity contribution < 1.29 is 0 Å². The summed E-state index contributed by atoms with van der Waals surface area (Å²) >= 11 is 0. The molecular formula is C25H25N7. The number of nitrogens with zero attached hydrogens (tertiary/aromatic N) is 6. The second kappa shape index (κ2) is 7.50. The molecule has 1 atom stereocenters. The Labute approximate surface area is 186 Å². The molecule has 0 radical (unpaired) electrons. The van der Waals surface area contributed by atoms with E-state index in [0.29, 0.717) is 5.56 Å². The van der Waals surface area contributed by atoms with Crippen LogP contribution in [0.4, 0.5) is 11.4 Å². The zero-order valence-corrected chi connectivity index (χ0v) is 18.1. The first-order valence-electron chi connectivity index (χ1n) is 11.2. The third kappa shape index (κ3) is 2.99. The molecular weight excluding hydrogens is 398 g/mol. The molecule has 160 valence electrons. The van der Waals surface area contributed by atoms with E-state index >= 15 is 0 Å². The van der Waals surface area contributed by atoms with Crippen molar-refractivity contribution in [3.63, 3.8) is 0 Å². The number of hydrogen-bond acceptors (Lipinski definition) is 6. The van der Waals surface area contributed by atoms with Gasteiger partial charge in [-0.25, -0.2) is 0 Å². The fraction of sp³-hybridized carbons (Fsp3) is 0.320. The van der Waals surface area contributed by atoms with Gasteiger partial charge in [-0.2, -0.15) is 10.4 Å². The molecule has 0 amide bonds.